The van der Waals surface area contributed by atoms with Crippen LogP contribution >= 0.6 is 0 Å². The van der Waals surface area contributed by atoms with Crippen LogP contribution in [-0.4, -0.2) is 9.78 Å². The minimum absolute atomic E-state index is 0.0182. The molecule has 3 rings (SSSR count). The number of rotatable bonds is 4. The van der Waals surface area contributed by atoms with Crippen molar-refractivity contribution in [2.75, 3.05) is 0 Å². The second-order valence-corrected chi connectivity index (χ2v) is 4.79. The second kappa shape index (κ2) is 5.72. The van der Waals surface area contributed by atoms with Gasteiger partial charge >= 0.3 is 0 Å². The third-order valence-corrected chi connectivity index (χ3v) is 3.38. The molecule has 3 aromatic rings. The van der Waals surface area contributed by atoms with Crippen LogP contribution in [-0.2, 0) is 6.42 Å². The molecular weight excluding hydrogens is 246 g/mol. The van der Waals surface area contributed by atoms with Crippen LogP contribution in [0.5, 0.6) is 0 Å². The van der Waals surface area contributed by atoms with Crippen LogP contribution < -0.4 is 5.73 Å². The Morgan fingerprint density at radius 3 is 2.25 bits per heavy atom. The van der Waals surface area contributed by atoms with Gasteiger partial charge < -0.3 is 5.73 Å². The zero-order chi connectivity index (χ0) is 13.8. The van der Waals surface area contributed by atoms with Gasteiger partial charge in [-0.05, 0) is 23.8 Å². The van der Waals surface area contributed by atoms with Crippen molar-refractivity contribution in [2.24, 2.45) is 5.73 Å². The van der Waals surface area contributed by atoms with Crippen molar-refractivity contribution >= 4 is 0 Å². The van der Waals surface area contributed by atoms with Gasteiger partial charge in [-0.15, -0.1) is 0 Å². The summed E-state index contributed by atoms with van der Waals surface area (Å²) in [6.45, 7) is 0. The first-order chi connectivity index (χ1) is 9.84. The topological polar surface area (TPSA) is 43.8 Å². The zero-order valence-electron chi connectivity index (χ0n) is 11.2. The lowest BCUT2D eigenvalue weighted by Gasteiger charge is -2.13. The molecule has 0 saturated heterocycles. The SMILES string of the molecule is NC(Cc1ccnn1-c1ccccc1)c1ccccc1. The molecule has 0 aliphatic carbocycles. The summed E-state index contributed by atoms with van der Waals surface area (Å²) in [6, 6.07) is 22.3. The zero-order valence-corrected chi connectivity index (χ0v) is 11.2. The van der Waals surface area contributed by atoms with Crippen LogP contribution in [0, 0.1) is 0 Å². The summed E-state index contributed by atoms with van der Waals surface area (Å²) in [5, 5.41) is 4.39. The summed E-state index contributed by atoms with van der Waals surface area (Å²) < 4.78 is 1.95. The average molecular weight is 263 g/mol. The number of para-hydroxylation sites is 1. The molecule has 100 valence electrons. The van der Waals surface area contributed by atoms with E-state index in [2.05, 4.69) is 17.2 Å². The Hall–Kier alpha value is -2.39. The van der Waals surface area contributed by atoms with E-state index >= 15 is 0 Å². The Balaban J connectivity index is 1.84. The van der Waals surface area contributed by atoms with Gasteiger partial charge in [-0.25, -0.2) is 4.68 Å². The molecule has 0 amide bonds. The predicted molar refractivity (Wildman–Crippen MR) is 80.6 cm³/mol. The van der Waals surface area contributed by atoms with Crippen molar-refractivity contribution in [2.45, 2.75) is 12.5 Å². The Kier molecular flexibility index (Phi) is 3.61. The number of nitrogens with two attached hydrogens (primary N) is 1. The Bertz CT molecular complexity index is 659. The van der Waals surface area contributed by atoms with Gasteiger partial charge in [-0.3, -0.25) is 0 Å². The van der Waals surface area contributed by atoms with Crippen LogP contribution in [0.1, 0.15) is 17.3 Å². The van der Waals surface area contributed by atoms with Gasteiger partial charge in [0.2, 0.25) is 0 Å². The highest BCUT2D eigenvalue weighted by Crippen LogP contribution is 2.18. The van der Waals surface area contributed by atoms with Gasteiger partial charge in [-0.1, -0.05) is 48.5 Å². The van der Waals surface area contributed by atoms with Gasteiger partial charge in [0, 0.05) is 24.4 Å². The van der Waals surface area contributed by atoms with E-state index < -0.39 is 0 Å². The van der Waals surface area contributed by atoms with E-state index in [-0.39, 0.29) is 6.04 Å². The van der Waals surface area contributed by atoms with E-state index in [0.29, 0.717) is 0 Å². The standard InChI is InChI=1S/C17H17N3/c18-17(14-7-3-1-4-8-14)13-16-11-12-19-20(16)15-9-5-2-6-10-15/h1-12,17H,13,18H2. The number of hydrogen-bond acceptors (Lipinski definition) is 2. The first-order valence-electron chi connectivity index (χ1n) is 6.73. The van der Waals surface area contributed by atoms with Gasteiger partial charge in [0.05, 0.1) is 5.69 Å². The molecule has 1 aromatic heterocycles. The summed E-state index contributed by atoms with van der Waals surface area (Å²) >= 11 is 0. The molecule has 3 heteroatoms. The molecule has 1 unspecified atom stereocenters. The molecule has 0 saturated carbocycles. The molecule has 3 nitrogen and oxygen atoms in total. The smallest absolute Gasteiger partial charge is 0.0648 e. The summed E-state index contributed by atoms with van der Waals surface area (Å²) in [6.07, 6.45) is 2.58. The van der Waals surface area contributed by atoms with Gasteiger partial charge in [0.25, 0.3) is 0 Å². The maximum atomic E-state index is 6.29. The van der Waals surface area contributed by atoms with Gasteiger partial charge in [-0.2, -0.15) is 5.10 Å². The van der Waals surface area contributed by atoms with E-state index in [0.717, 1.165) is 23.4 Å². The summed E-state index contributed by atoms with van der Waals surface area (Å²) in [5.74, 6) is 0. The van der Waals surface area contributed by atoms with Crippen molar-refractivity contribution in [3.05, 3.63) is 84.2 Å². The molecule has 2 N–H and O–H groups in total. The predicted octanol–water partition coefficient (Wildman–Crippen LogP) is 3.11. The molecule has 0 radical (unpaired) electrons. The van der Waals surface area contributed by atoms with Crippen molar-refractivity contribution < 1.29 is 0 Å². The fourth-order valence-electron chi connectivity index (χ4n) is 2.33. The Morgan fingerprint density at radius 1 is 0.900 bits per heavy atom. The van der Waals surface area contributed by atoms with Gasteiger partial charge in [0.15, 0.2) is 0 Å². The molecule has 1 atom stereocenters. The van der Waals surface area contributed by atoms with Crippen molar-refractivity contribution in [3.63, 3.8) is 0 Å². The van der Waals surface area contributed by atoms with E-state index in [1.807, 2.05) is 65.5 Å². The fraction of sp³-hybridized carbons (Fsp3) is 0.118. The monoisotopic (exact) mass is 263 g/mol. The first kappa shape index (κ1) is 12.6. The lowest BCUT2D eigenvalue weighted by molar-refractivity contribution is 0.676. The van der Waals surface area contributed by atoms with Gasteiger partial charge in [0.1, 0.15) is 0 Å². The number of benzene rings is 2. The van der Waals surface area contributed by atoms with Crippen molar-refractivity contribution in [3.8, 4) is 5.69 Å². The molecule has 1 heterocycles. The van der Waals surface area contributed by atoms with Crippen LogP contribution in [0.15, 0.2) is 72.9 Å². The number of nitrogens with zero attached hydrogens (tertiary/aromatic N) is 2. The second-order valence-electron chi connectivity index (χ2n) is 4.79. The minimum Gasteiger partial charge on any atom is -0.324 e. The fourth-order valence-corrected chi connectivity index (χ4v) is 2.33. The quantitative estimate of drug-likeness (QED) is 0.786. The maximum absolute atomic E-state index is 6.29. The summed E-state index contributed by atoms with van der Waals surface area (Å²) in [4.78, 5) is 0. The normalized spacial score (nSPS) is 12.2. The average Bonchev–Trinajstić information content (AvgIpc) is 2.97. The number of aromatic nitrogens is 2. The molecule has 0 bridgehead atoms. The maximum Gasteiger partial charge on any atom is 0.0648 e. The summed E-state index contributed by atoms with van der Waals surface area (Å²) in [5.41, 5.74) is 9.62. The largest absolute Gasteiger partial charge is 0.324 e. The van der Waals surface area contributed by atoms with Crippen LogP contribution in [0.25, 0.3) is 5.69 Å². The van der Waals surface area contributed by atoms with Crippen LogP contribution in [0.3, 0.4) is 0 Å². The number of hydrogen-bond donors (Lipinski definition) is 1. The Morgan fingerprint density at radius 2 is 1.55 bits per heavy atom. The highest BCUT2D eigenvalue weighted by atomic mass is 15.3. The Labute approximate surface area is 118 Å². The minimum atomic E-state index is -0.0182. The van der Waals surface area contributed by atoms with E-state index in [1.54, 1.807) is 0 Å². The third kappa shape index (κ3) is 2.63. The van der Waals surface area contributed by atoms with E-state index in [1.165, 1.54) is 0 Å². The van der Waals surface area contributed by atoms with E-state index in [4.69, 9.17) is 5.73 Å². The third-order valence-electron chi connectivity index (χ3n) is 3.38. The highest BCUT2D eigenvalue weighted by Gasteiger charge is 2.11. The molecule has 0 spiro atoms. The molecular formula is C17H17N3. The molecule has 0 aliphatic heterocycles. The molecule has 20 heavy (non-hydrogen) atoms. The molecule has 0 aliphatic rings. The van der Waals surface area contributed by atoms with Crippen molar-refractivity contribution in [1.82, 2.24) is 9.78 Å². The van der Waals surface area contributed by atoms with Crippen LogP contribution in [0.4, 0.5) is 0 Å². The molecule has 2 aromatic carbocycles. The summed E-state index contributed by atoms with van der Waals surface area (Å²) in [7, 11) is 0. The lowest BCUT2D eigenvalue weighted by atomic mass is 10.0. The first-order valence-corrected chi connectivity index (χ1v) is 6.73. The molecule has 0 fully saturated rings. The highest BCUT2D eigenvalue weighted by molar-refractivity contribution is 5.33. The van der Waals surface area contributed by atoms with Crippen LogP contribution in [0.2, 0.25) is 0 Å². The van der Waals surface area contributed by atoms with E-state index in [9.17, 15) is 0 Å². The van der Waals surface area contributed by atoms with Crippen molar-refractivity contribution in [1.29, 1.82) is 0 Å². The lowest BCUT2D eigenvalue weighted by Crippen LogP contribution is -2.15.